The number of aromatic nitrogens is 5. The predicted molar refractivity (Wildman–Crippen MR) is 59.2 cm³/mol. The molecule has 0 unspecified atom stereocenters. The summed E-state index contributed by atoms with van der Waals surface area (Å²) in [6.45, 7) is 0. The first-order valence-corrected chi connectivity index (χ1v) is 4.91. The maximum absolute atomic E-state index is 8.64. The highest BCUT2D eigenvalue weighted by Gasteiger charge is 2.05. The van der Waals surface area contributed by atoms with Gasteiger partial charge in [-0.2, -0.15) is 9.94 Å². The monoisotopic (exact) mass is 222 g/mol. The van der Waals surface area contributed by atoms with Crippen molar-refractivity contribution in [1.29, 1.82) is 5.26 Å². The SMILES string of the molecule is N#Cc1ncn(-c2ncc3ccccc3n2)n1. The molecule has 0 saturated carbocycles. The van der Waals surface area contributed by atoms with Gasteiger partial charge in [0.05, 0.1) is 5.52 Å². The number of hydrogen-bond donors (Lipinski definition) is 0. The molecule has 0 aliphatic carbocycles. The highest BCUT2D eigenvalue weighted by molar-refractivity contribution is 5.77. The van der Waals surface area contributed by atoms with Crippen LogP contribution in [-0.2, 0) is 0 Å². The number of hydrogen-bond acceptors (Lipinski definition) is 5. The first-order chi connectivity index (χ1) is 8.36. The van der Waals surface area contributed by atoms with Gasteiger partial charge in [0.2, 0.25) is 0 Å². The maximum atomic E-state index is 8.64. The van der Waals surface area contributed by atoms with E-state index in [1.165, 1.54) is 11.0 Å². The normalized spacial score (nSPS) is 10.3. The van der Waals surface area contributed by atoms with Crippen LogP contribution in [0.5, 0.6) is 0 Å². The maximum Gasteiger partial charge on any atom is 0.252 e. The van der Waals surface area contributed by atoms with Crippen LogP contribution in [0.25, 0.3) is 16.9 Å². The third kappa shape index (κ3) is 1.59. The third-order valence-electron chi connectivity index (χ3n) is 2.27. The standard InChI is InChI=1S/C11H6N6/c12-5-10-14-7-17(16-10)11-13-6-8-3-1-2-4-9(8)15-11/h1-4,6-7H. The number of nitriles is 1. The molecule has 0 N–H and O–H groups in total. The Hall–Kier alpha value is -2.81. The van der Waals surface area contributed by atoms with Crippen LogP contribution >= 0.6 is 0 Å². The first-order valence-electron chi connectivity index (χ1n) is 4.91. The fourth-order valence-corrected chi connectivity index (χ4v) is 1.48. The van der Waals surface area contributed by atoms with Gasteiger partial charge in [-0.1, -0.05) is 18.2 Å². The van der Waals surface area contributed by atoms with Crippen molar-refractivity contribution in [2.24, 2.45) is 0 Å². The Morgan fingerprint density at radius 2 is 2.06 bits per heavy atom. The summed E-state index contributed by atoms with van der Waals surface area (Å²) < 4.78 is 1.38. The summed E-state index contributed by atoms with van der Waals surface area (Å²) in [5, 5.41) is 13.5. The zero-order valence-corrected chi connectivity index (χ0v) is 8.65. The minimum absolute atomic E-state index is 0.0989. The molecule has 0 aliphatic rings. The van der Waals surface area contributed by atoms with Gasteiger partial charge < -0.3 is 0 Å². The Morgan fingerprint density at radius 3 is 2.88 bits per heavy atom. The molecule has 6 nitrogen and oxygen atoms in total. The van der Waals surface area contributed by atoms with E-state index in [0.717, 1.165) is 10.9 Å². The Labute approximate surface area is 96.2 Å². The number of para-hydroxylation sites is 1. The molecule has 0 fully saturated rings. The van der Waals surface area contributed by atoms with E-state index >= 15 is 0 Å². The molecular weight excluding hydrogens is 216 g/mol. The summed E-state index contributed by atoms with van der Waals surface area (Å²) in [6.07, 6.45) is 3.13. The molecule has 17 heavy (non-hydrogen) atoms. The van der Waals surface area contributed by atoms with E-state index in [-0.39, 0.29) is 5.82 Å². The van der Waals surface area contributed by atoms with Crippen molar-refractivity contribution in [1.82, 2.24) is 24.7 Å². The molecule has 0 amide bonds. The summed E-state index contributed by atoms with van der Waals surface area (Å²) in [5.74, 6) is 0.499. The van der Waals surface area contributed by atoms with Crippen molar-refractivity contribution in [3.8, 4) is 12.0 Å². The second kappa shape index (κ2) is 3.64. The van der Waals surface area contributed by atoms with Crippen LogP contribution in [0.1, 0.15) is 5.82 Å². The lowest BCUT2D eigenvalue weighted by Gasteiger charge is -1.99. The largest absolute Gasteiger partial charge is 0.252 e. The van der Waals surface area contributed by atoms with Crippen molar-refractivity contribution in [2.75, 3.05) is 0 Å². The summed E-state index contributed by atoms with van der Waals surface area (Å²) in [4.78, 5) is 12.3. The second-order valence-corrected chi connectivity index (χ2v) is 3.35. The number of benzene rings is 1. The molecule has 0 radical (unpaired) electrons. The van der Waals surface area contributed by atoms with Crippen molar-refractivity contribution >= 4 is 10.9 Å². The van der Waals surface area contributed by atoms with Gasteiger partial charge >= 0.3 is 0 Å². The van der Waals surface area contributed by atoms with Crippen molar-refractivity contribution < 1.29 is 0 Å². The van der Waals surface area contributed by atoms with Gasteiger partial charge in [0.1, 0.15) is 12.4 Å². The van der Waals surface area contributed by atoms with Crippen LogP contribution in [0, 0.1) is 11.3 Å². The highest BCUT2D eigenvalue weighted by Crippen LogP contribution is 2.10. The summed E-state index contributed by atoms with van der Waals surface area (Å²) in [7, 11) is 0. The highest BCUT2D eigenvalue weighted by atomic mass is 15.4. The van der Waals surface area contributed by atoms with Gasteiger partial charge in [-0.05, 0) is 6.07 Å². The molecule has 0 bridgehead atoms. The average Bonchev–Trinajstić information content (AvgIpc) is 2.87. The van der Waals surface area contributed by atoms with E-state index in [1.54, 1.807) is 6.20 Å². The number of fused-ring (bicyclic) bond motifs is 1. The van der Waals surface area contributed by atoms with Crippen molar-refractivity contribution in [3.05, 3.63) is 42.6 Å². The van der Waals surface area contributed by atoms with Gasteiger partial charge in [-0.25, -0.2) is 15.0 Å². The Morgan fingerprint density at radius 1 is 1.18 bits per heavy atom. The number of rotatable bonds is 1. The Kier molecular flexibility index (Phi) is 2.02. The van der Waals surface area contributed by atoms with Gasteiger partial charge in [0.15, 0.2) is 0 Å². The molecule has 6 heteroatoms. The summed E-state index contributed by atoms with van der Waals surface area (Å²) in [5.41, 5.74) is 0.825. The van der Waals surface area contributed by atoms with E-state index < -0.39 is 0 Å². The van der Waals surface area contributed by atoms with Gasteiger partial charge in [-0.15, -0.1) is 5.10 Å². The fraction of sp³-hybridized carbons (Fsp3) is 0. The van der Waals surface area contributed by atoms with E-state index in [2.05, 4.69) is 20.1 Å². The molecule has 0 spiro atoms. The minimum Gasteiger partial charge on any atom is -0.219 e. The first kappa shape index (κ1) is 9.42. The van der Waals surface area contributed by atoms with Crippen LogP contribution in [0.3, 0.4) is 0 Å². The zero-order chi connectivity index (χ0) is 11.7. The fourth-order valence-electron chi connectivity index (χ4n) is 1.48. The van der Waals surface area contributed by atoms with Gasteiger partial charge in [-0.3, -0.25) is 0 Å². The predicted octanol–water partition coefficient (Wildman–Crippen LogP) is 1.08. The molecule has 80 valence electrons. The molecule has 0 atom stereocenters. The van der Waals surface area contributed by atoms with Crippen molar-refractivity contribution in [2.45, 2.75) is 0 Å². The third-order valence-corrected chi connectivity index (χ3v) is 2.27. The molecule has 1 aromatic carbocycles. The lowest BCUT2D eigenvalue weighted by molar-refractivity contribution is 0.810. The lowest BCUT2D eigenvalue weighted by atomic mass is 10.2. The van der Waals surface area contributed by atoms with E-state index in [0.29, 0.717) is 5.95 Å². The Balaban J connectivity index is 2.15. The zero-order valence-electron chi connectivity index (χ0n) is 8.65. The quantitative estimate of drug-likeness (QED) is 0.615. The van der Waals surface area contributed by atoms with Crippen LogP contribution in [0.4, 0.5) is 0 Å². The second-order valence-electron chi connectivity index (χ2n) is 3.35. The van der Waals surface area contributed by atoms with Crippen LogP contribution < -0.4 is 0 Å². The smallest absolute Gasteiger partial charge is 0.219 e. The molecule has 2 aromatic heterocycles. The van der Waals surface area contributed by atoms with Gasteiger partial charge in [0.25, 0.3) is 11.8 Å². The van der Waals surface area contributed by atoms with Gasteiger partial charge in [0, 0.05) is 11.6 Å². The molecule has 3 rings (SSSR count). The molecular formula is C11H6N6. The molecule has 0 saturated heterocycles. The minimum atomic E-state index is 0.0989. The van der Waals surface area contributed by atoms with E-state index in [4.69, 9.17) is 5.26 Å². The lowest BCUT2D eigenvalue weighted by Crippen LogP contribution is -2.01. The van der Waals surface area contributed by atoms with Crippen LogP contribution in [-0.4, -0.2) is 24.7 Å². The molecule has 0 aliphatic heterocycles. The average molecular weight is 222 g/mol. The summed E-state index contributed by atoms with van der Waals surface area (Å²) >= 11 is 0. The molecule has 2 heterocycles. The van der Waals surface area contributed by atoms with Crippen LogP contribution in [0.2, 0.25) is 0 Å². The van der Waals surface area contributed by atoms with Crippen LogP contribution in [0.15, 0.2) is 36.8 Å². The topological polar surface area (TPSA) is 80.3 Å². The Bertz CT molecular complexity index is 724. The van der Waals surface area contributed by atoms with E-state index in [9.17, 15) is 0 Å². The van der Waals surface area contributed by atoms with Crippen molar-refractivity contribution in [3.63, 3.8) is 0 Å². The number of nitrogens with zero attached hydrogens (tertiary/aromatic N) is 6. The molecule has 3 aromatic rings. The summed E-state index contributed by atoms with van der Waals surface area (Å²) in [6, 6.07) is 9.51. The van der Waals surface area contributed by atoms with E-state index in [1.807, 2.05) is 30.3 Å².